The van der Waals surface area contributed by atoms with Gasteiger partial charge in [-0.25, -0.2) is 18.1 Å². The van der Waals surface area contributed by atoms with Crippen molar-refractivity contribution in [1.82, 2.24) is 15.0 Å². The SMILES string of the molecule is CNCc1ccc(Cl)c(S(=O)(=O)NC(C)c2nccs2)c1. The average Bonchev–Trinajstić information content (AvgIpc) is 2.94. The largest absolute Gasteiger partial charge is 0.316 e. The maximum atomic E-state index is 12.5. The van der Waals surface area contributed by atoms with E-state index < -0.39 is 16.1 Å². The molecule has 0 amide bonds. The molecule has 1 heterocycles. The fraction of sp³-hybridized carbons (Fsp3) is 0.308. The topological polar surface area (TPSA) is 71.1 Å². The van der Waals surface area contributed by atoms with Gasteiger partial charge in [-0.05, 0) is 31.7 Å². The molecule has 1 atom stereocenters. The molecule has 0 fully saturated rings. The second-order valence-corrected chi connectivity index (χ2v) is 7.52. The predicted octanol–water partition coefficient (Wildman–Crippen LogP) is 2.56. The highest BCUT2D eigenvalue weighted by Gasteiger charge is 2.22. The molecule has 2 N–H and O–H groups in total. The number of sulfonamides is 1. The minimum absolute atomic E-state index is 0.0836. The second kappa shape index (κ2) is 6.85. The molecule has 0 saturated carbocycles. The van der Waals surface area contributed by atoms with Crippen molar-refractivity contribution >= 4 is 33.0 Å². The Morgan fingerprint density at radius 1 is 1.43 bits per heavy atom. The number of nitrogens with zero attached hydrogens (tertiary/aromatic N) is 1. The van der Waals surface area contributed by atoms with Crippen LogP contribution in [0.15, 0.2) is 34.7 Å². The van der Waals surface area contributed by atoms with Crippen LogP contribution in [0.3, 0.4) is 0 Å². The van der Waals surface area contributed by atoms with Gasteiger partial charge in [-0.3, -0.25) is 0 Å². The third-order valence-electron chi connectivity index (χ3n) is 2.82. The highest BCUT2D eigenvalue weighted by molar-refractivity contribution is 7.89. The van der Waals surface area contributed by atoms with Gasteiger partial charge in [-0.1, -0.05) is 17.7 Å². The van der Waals surface area contributed by atoms with Gasteiger partial charge in [0.05, 0.1) is 11.1 Å². The lowest BCUT2D eigenvalue weighted by Crippen LogP contribution is -2.27. The number of aromatic nitrogens is 1. The van der Waals surface area contributed by atoms with E-state index in [0.717, 1.165) is 5.56 Å². The van der Waals surface area contributed by atoms with Gasteiger partial charge in [0.1, 0.15) is 9.90 Å². The number of rotatable bonds is 6. The van der Waals surface area contributed by atoms with Crippen LogP contribution in [0.2, 0.25) is 5.02 Å². The summed E-state index contributed by atoms with van der Waals surface area (Å²) in [7, 11) is -1.90. The second-order valence-electron chi connectivity index (χ2n) is 4.51. The van der Waals surface area contributed by atoms with Gasteiger partial charge in [0.15, 0.2) is 0 Å². The molecule has 5 nitrogen and oxygen atoms in total. The maximum absolute atomic E-state index is 12.5. The Hall–Kier alpha value is -0.990. The Bertz CT molecular complexity index is 702. The van der Waals surface area contributed by atoms with E-state index in [1.54, 1.807) is 43.7 Å². The van der Waals surface area contributed by atoms with E-state index in [1.165, 1.54) is 11.3 Å². The van der Waals surface area contributed by atoms with Crippen molar-refractivity contribution in [3.8, 4) is 0 Å². The van der Waals surface area contributed by atoms with Crippen LogP contribution in [-0.4, -0.2) is 20.4 Å². The molecule has 0 aliphatic rings. The van der Waals surface area contributed by atoms with Crippen molar-refractivity contribution in [2.24, 2.45) is 0 Å². The first kappa shape index (κ1) is 16.4. The summed E-state index contributed by atoms with van der Waals surface area (Å²) in [6, 6.07) is 4.56. The van der Waals surface area contributed by atoms with Gasteiger partial charge in [-0.2, -0.15) is 0 Å². The van der Waals surface area contributed by atoms with E-state index in [0.29, 0.717) is 11.6 Å². The normalized spacial score (nSPS) is 13.3. The third kappa shape index (κ3) is 4.02. The summed E-state index contributed by atoms with van der Waals surface area (Å²) in [5, 5.41) is 5.70. The van der Waals surface area contributed by atoms with E-state index >= 15 is 0 Å². The quantitative estimate of drug-likeness (QED) is 0.844. The Balaban J connectivity index is 2.28. The summed E-state index contributed by atoms with van der Waals surface area (Å²) in [6.45, 7) is 2.32. The number of nitrogens with one attached hydrogen (secondary N) is 2. The molecule has 2 rings (SSSR count). The zero-order chi connectivity index (χ0) is 15.5. The van der Waals surface area contributed by atoms with Crippen LogP contribution >= 0.6 is 22.9 Å². The molecule has 21 heavy (non-hydrogen) atoms. The van der Waals surface area contributed by atoms with Gasteiger partial charge in [-0.15, -0.1) is 11.3 Å². The van der Waals surface area contributed by atoms with E-state index in [4.69, 9.17) is 11.6 Å². The summed E-state index contributed by atoms with van der Waals surface area (Å²) in [6.07, 6.45) is 1.64. The van der Waals surface area contributed by atoms with Crippen LogP contribution in [0, 0.1) is 0 Å². The lowest BCUT2D eigenvalue weighted by Gasteiger charge is -2.14. The summed E-state index contributed by atoms with van der Waals surface area (Å²) in [4.78, 5) is 4.20. The zero-order valence-corrected chi connectivity index (χ0v) is 14.0. The molecule has 1 aromatic carbocycles. The third-order valence-corrected chi connectivity index (χ3v) is 5.80. The monoisotopic (exact) mass is 345 g/mol. The lowest BCUT2D eigenvalue weighted by molar-refractivity contribution is 0.566. The fourth-order valence-electron chi connectivity index (χ4n) is 1.86. The van der Waals surface area contributed by atoms with Crippen LogP contribution in [0.4, 0.5) is 0 Å². The van der Waals surface area contributed by atoms with Crippen LogP contribution in [0.25, 0.3) is 0 Å². The highest BCUT2D eigenvalue weighted by atomic mass is 35.5. The van der Waals surface area contributed by atoms with Crippen LogP contribution in [0.1, 0.15) is 23.5 Å². The van der Waals surface area contributed by atoms with Crippen molar-refractivity contribution in [3.63, 3.8) is 0 Å². The molecule has 8 heteroatoms. The van der Waals surface area contributed by atoms with Crippen LogP contribution in [-0.2, 0) is 16.6 Å². The molecule has 0 aliphatic carbocycles. The Morgan fingerprint density at radius 3 is 2.81 bits per heavy atom. The Morgan fingerprint density at radius 2 is 2.19 bits per heavy atom. The molecule has 0 bridgehead atoms. The number of hydrogen-bond acceptors (Lipinski definition) is 5. The van der Waals surface area contributed by atoms with Crippen LogP contribution < -0.4 is 10.0 Å². The van der Waals surface area contributed by atoms with E-state index in [9.17, 15) is 8.42 Å². The number of hydrogen-bond donors (Lipinski definition) is 2. The molecule has 0 spiro atoms. The lowest BCUT2D eigenvalue weighted by atomic mass is 10.2. The van der Waals surface area contributed by atoms with Gasteiger partial charge in [0.25, 0.3) is 0 Å². The first-order valence-electron chi connectivity index (χ1n) is 6.29. The minimum atomic E-state index is -3.70. The number of thiazole rings is 1. The van der Waals surface area contributed by atoms with Gasteiger partial charge in [0, 0.05) is 18.1 Å². The molecule has 114 valence electrons. The van der Waals surface area contributed by atoms with Gasteiger partial charge < -0.3 is 5.32 Å². The first-order chi connectivity index (χ1) is 9.94. The minimum Gasteiger partial charge on any atom is -0.316 e. The standard InChI is InChI=1S/C13H16ClN3O2S2/c1-9(13-16-5-6-20-13)17-21(18,19)12-7-10(8-15-2)3-4-11(12)14/h3-7,9,15,17H,8H2,1-2H3. The summed E-state index contributed by atoms with van der Waals surface area (Å²) in [5.74, 6) is 0. The molecular formula is C13H16ClN3O2S2. The number of halogens is 1. The van der Waals surface area contributed by atoms with E-state index in [1.807, 2.05) is 0 Å². The summed E-state index contributed by atoms with van der Waals surface area (Å²) < 4.78 is 27.6. The molecule has 0 saturated heterocycles. The average molecular weight is 346 g/mol. The molecule has 0 aliphatic heterocycles. The van der Waals surface area contributed by atoms with Crippen molar-refractivity contribution in [2.75, 3.05) is 7.05 Å². The van der Waals surface area contributed by atoms with E-state index in [2.05, 4.69) is 15.0 Å². The smallest absolute Gasteiger partial charge is 0.242 e. The highest BCUT2D eigenvalue weighted by Crippen LogP contribution is 2.25. The predicted molar refractivity (Wildman–Crippen MR) is 85.1 cm³/mol. The van der Waals surface area contributed by atoms with E-state index in [-0.39, 0.29) is 9.92 Å². The number of benzene rings is 1. The van der Waals surface area contributed by atoms with Gasteiger partial charge in [0.2, 0.25) is 10.0 Å². The molecule has 0 radical (unpaired) electrons. The molecule has 1 unspecified atom stereocenters. The Labute approximate surface area is 133 Å². The molecular weight excluding hydrogens is 330 g/mol. The van der Waals surface area contributed by atoms with Crippen LogP contribution in [0.5, 0.6) is 0 Å². The van der Waals surface area contributed by atoms with Crippen molar-refractivity contribution < 1.29 is 8.42 Å². The molecule has 1 aromatic heterocycles. The van der Waals surface area contributed by atoms with Crippen molar-refractivity contribution in [2.45, 2.75) is 24.4 Å². The fourth-order valence-corrected chi connectivity index (χ4v) is 4.34. The summed E-state index contributed by atoms with van der Waals surface area (Å²) in [5.41, 5.74) is 0.851. The Kier molecular flexibility index (Phi) is 5.34. The zero-order valence-electron chi connectivity index (χ0n) is 11.6. The van der Waals surface area contributed by atoms with Gasteiger partial charge >= 0.3 is 0 Å². The van der Waals surface area contributed by atoms with Crippen molar-refractivity contribution in [3.05, 3.63) is 45.4 Å². The van der Waals surface area contributed by atoms with Crippen molar-refractivity contribution in [1.29, 1.82) is 0 Å². The summed E-state index contributed by atoms with van der Waals surface area (Å²) >= 11 is 7.44. The maximum Gasteiger partial charge on any atom is 0.242 e. The molecule has 2 aromatic rings. The first-order valence-corrected chi connectivity index (χ1v) is 9.03.